The number of carbonyl (C=O) groups is 1. The van der Waals surface area contributed by atoms with Crippen LogP contribution >= 0.6 is 0 Å². The number of nitrogens with one attached hydrogen (secondary N) is 1. The van der Waals surface area contributed by atoms with E-state index in [-0.39, 0.29) is 6.03 Å². The topological polar surface area (TPSA) is 45.2 Å². The molecule has 1 N–H and O–H groups in total. The minimum absolute atomic E-state index is 0.0477. The van der Waals surface area contributed by atoms with E-state index >= 15 is 0 Å². The van der Waals surface area contributed by atoms with Gasteiger partial charge in [0.2, 0.25) is 0 Å². The summed E-state index contributed by atoms with van der Waals surface area (Å²) in [5.41, 5.74) is 3.23. The smallest absolute Gasteiger partial charge is 0.317 e. The van der Waals surface area contributed by atoms with Crippen LogP contribution in [0.2, 0.25) is 0 Å². The minimum Gasteiger partial charge on any atom is -0.317 e. The molecule has 0 spiro atoms. The highest BCUT2D eigenvalue weighted by molar-refractivity contribution is 5.89. The lowest BCUT2D eigenvalue weighted by Gasteiger charge is -2.23. The SMILES string of the molecule is CC(C)c1ccc(CN(C(=O)Nc2cccnc2)C2CC2)cc1. The average molecular weight is 309 g/mol. The van der Waals surface area contributed by atoms with Gasteiger partial charge in [0.1, 0.15) is 0 Å². The van der Waals surface area contributed by atoms with E-state index < -0.39 is 0 Å². The number of anilines is 1. The highest BCUT2D eigenvalue weighted by Crippen LogP contribution is 2.29. The van der Waals surface area contributed by atoms with Crippen molar-refractivity contribution in [3.05, 3.63) is 59.9 Å². The zero-order valence-electron chi connectivity index (χ0n) is 13.7. The maximum absolute atomic E-state index is 12.6. The van der Waals surface area contributed by atoms with E-state index in [1.807, 2.05) is 17.0 Å². The molecular weight excluding hydrogens is 286 g/mol. The molecule has 23 heavy (non-hydrogen) atoms. The van der Waals surface area contributed by atoms with Crippen LogP contribution in [-0.4, -0.2) is 22.0 Å². The van der Waals surface area contributed by atoms with Crippen LogP contribution in [0, 0.1) is 0 Å². The second-order valence-corrected chi connectivity index (χ2v) is 6.43. The van der Waals surface area contributed by atoms with Crippen LogP contribution in [0.3, 0.4) is 0 Å². The fourth-order valence-corrected chi connectivity index (χ4v) is 2.59. The highest BCUT2D eigenvalue weighted by atomic mass is 16.2. The van der Waals surface area contributed by atoms with Crippen molar-refractivity contribution in [2.75, 3.05) is 5.32 Å². The van der Waals surface area contributed by atoms with E-state index in [9.17, 15) is 4.79 Å². The fourth-order valence-electron chi connectivity index (χ4n) is 2.59. The molecule has 0 atom stereocenters. The van der Waals surface area contributed by atoms with Crippen molar-refractivity contribution in [1.82, 2.24) is 9.88 Å². The number of hydrogen-bond acceptors (Lipinski definition) is 2. The van der Waals surface area contributed by atoms with Gasteiger partial charge in [0.15, 0.2) is 0 Å². The van der Waals surface area contributed by atoms with Crippen LogP contribution in [0.4, 0.5) is 10.5 Å². The lowest BCUT2D eigenvalue weighted by molar-refractivity contribution is 0.206. The molecule has 2 amide bonds. The fraction of sp³-hybridized carbons (Fsp3) is 0.368. The third kappa shape index (κ3) is 4.09. The number of rotatable bonds is 5. The Bertz CT molecular complexity index is 648. The number of benzene rings is 1. The molecule has 0 bridgehead atoms. The van der Waals surface area contributed by atoms with E-state index in [1.54, 1.807) is 12.4 Å². The van der Waals surface area contributed by atoms with Gasteiger partial charge in [-0.2, -0.15) is 0 Å². The molecule has 0 unspecified atom stereocenters. The van der Waals surface area contributed by atoms with Gasteiger partial charge >= 0.3 is 6.03 Å². The van der Waals surface area contributed by atoms with Crippen LogP contribution in [0.15, 0.2) is 48.8 Å². The minimum atomic E-state index is -0.0477. The first-order valence-corrected chi connectivity index (χ1v) is 8.20. The third-order valence-corrected chi connectivity index (χ3v) is 4.16. The molecule has 1 heterocycles. The second kappa shape index (κ2) is 6.82. The summed E-state index contributed by atoms with van der Waals surface area (Å²) in [5, 5.41) is 2.94. The van der Waals surface area contributed by atoms with Gasteiger partial charge in [-0.3, -0.25) is 4.98 Å². The molecule has 1 fully saturated rings. The summed E-state index contributed by atoms with van der Waals surface area (Å²) in [4.78, 5) is 18.5. The predicted molar refractivity (Wildman–Crippen MR) is 92.4 cm³/mol. The van der Waals surface area contributed by atoms with Crippen LogP contribution in [0.5, 0.6) is 0 Å². The van der Waals surface area contributed by atoms with Gasteiger partial charge in [-0.05, 0) is 42.0 Å². The first-order chi connectivity index (χ1) is 11.1. The van der Waals surface area contributed by atoms with Crippen LogP contribution < -0.4 is 5.32 Å². The lowest BCUT2D eigenvalue weighted by atomic mass is 10.0. The van der Waals surface area contributed by atoms with E-state index in [1.165, 1.54) is 11.1 Å². The van der Waals surface area contributed by atoms with Crippen molar-refractivity contribution in [2.45, 2.75) is 45.2 Å². The van der Waals surface area contributed by atoms with Gasteiger partial charge < -0.3 is 10.2 Å². The molecule has 4 heteroatoms. The van der Waals surface area contributed by atoms with Crippen LogP contribution in [-0.2, 0) is 6.54 Å². The number of hydrogen-bond donors (Lipinski definition) is 1. The molecule has 1 aromatic heterocycles. The Morgan fingerprint density at radius 3 is 2.57 bits per heavy atom. The van der Waals surface area contributed by atoms with Gasteiger partial charge in [0.25, 0.3) is 0 Å². The molecule has 120 valence electrons. The Hall–Kier alpha value is -2.36. The quantitative estimate of drug-likeness (QED) is 0.889. The first kappa shape index (κ1) is 15.5. The van der Waals surface area contributed by atoms with Gasteiger partial charge in [0, 0.05) is 18.8 Å². The molecule has 0 saturated heterocycles. The zero-order valence-corrected chi connectivity index (χ0v) is 13.7. The summed E-state index contributed by atoms with van der Waals surface area (Å²) in [5.74, 6) is 0.525. The normalized spacial score (nSPS) is 13.9. The summed E-state index contributed by atoms with van der Waals surface area (Å²) in [6, 6.07) is 12.6. The molecule has 0 aliphatic heterocycles. The molecule has 4 nitrogen and oxygen atoms in total. The van der Waals surface area contributed by atoms with E-state index in [4.69, 9.17) is 0 Å². The predicted octanol–water partition coefficient (Wildman–Crippen LogP) is 4.40. The standard InChI is InChI=1S/C19H23N3O/c1-14(2)16-7-5-15(6-8-16)13-22(18-9-10-18)19(23)21-17-4-3-11-20-12-17/h3-8,11-12,14,18H,9-10,13H2,1-2H3,(H,21,23). The van der Waals surface area contributed by atoms with Crippen LogP contribution in [0.1, 0.15) is 43.7 Å². The third-order valence-electron chi connectivity index (χ3n) is 4.16. The van der Waals surface area contributed by atoms with Crippen molar-refractivity contribution < 1.29 is 4.79 Å². The summed E-state index contributed by atoms with van der Waals surface area (Å²) in [6.45, 7) is 5.02. The molecular formula is C19H23N3O. The largest absolute Gasteiger partial charge is 0.322 e. The summed E-state index contributed by atoms with van der Waals surface area (Å²) in [7, 11) is 0. The van der Waals surface area contributed by atoms with Crippen LogP contribution in [0.25, 0.3) is 0 Å². The molecule has 1 saturated carbocycles. The van der Waals surface area contributed by atoms with Gasteiger partial charge in [0.05, 0.1) is 11.9 Å². The van der Waals surface area contributed by atoms with E-state index in [0.29, 0.717) is 18.5 Å². The summed E-state index contributed by atoms with van der Waals surface area (Å²) in [6.07, 6.45) is 5.54. The highest BCUT2D eigenvalue weighted by Gasteiger charge is 2.32. The second-order valence-electron chi connectivity index (χ2n) is 6.43. The molecule has 1 aliphatic rings. The molecule has 3 rings (SSSR count). The Kier molecular flexibility index (Phi) is 4.60. The molecule has 1 aromatic carbocycles. The number of aromatic nitrogens is 1. The molecule has 0 radical (unpaired) electrons. The van der Waals surface area contributed by atoms with E-state index in [0.717, 1.165) is 18.5 Å². The zero-order chi connectivity index (χ0) is 16.2. The monoisotopic (exact) mass is 309 g/mol. The van der Waals surface area contributed by atoms with Crippen molar-refractivity contribution in [3.63, 3.8) is 0 Å². The van der Waals surface area contributed by atoms with Crippen molar-refractivity contribution >= 4 is 11.7 Å². The Morgan fingerprint density at radius 2 is 2.00 bits per heavy atom. The number of urea groups is 1. The first-order valence-electron chi connectivity index (χ1n) is 8.20. The van der Waals surface area contributed by atoms with Gasteiger partial charge in [-0.15, -0.1) is 0 Å². The van der Waals surface area contributed by atoms with Crippen molar-refractivity contribution in [3.8, 4) is 0 Å². The van der Waals surface area contributed by atoms with Gasteiger partial charge in [-0.1, -0.05) is 38.1 Å². The number of nitrogens with zero attached hydrogens (tertiary/aromatic N) is 2. The number of carbonyl (C=O) groups excluding carboxylic acids is 1. The van der Waals surface area contributed by atoms with Crippen molar-refractivity contribution in [1.29, 1.82) is 0 Å². The van der Waals surface area contributed by atoms with Crippen molar-refractivity contribution in [2.24, 2.45) is 0 Å². The maximum Gasteiger partial charge on any atom is 0.322 e. The Balaban J connectivity index is 1.68. The van der Waals surface area contributed by atoms with E-state index in [2.05, 4.69) is 48.4 Å². The summed E-state index contributed by atoms with van der Waals surface area (Å²) < 4.78 is 0. The molecule has 2 aromatic rings. The molecule has 1 aliphatic carbocycles. The van der Waals surface area contributed by atoms with Gasteiger partial charge in [-0.25, -0.2) is 4.79 Å². The average Bonchev–Trinajstić information content (AvgIpc) is 3.38. The lowest BCUT2D eigenvalue weighted by Crippen LogP contribution is -2.36. The summed E-state index contributed by atoms with van der Waals surface area (Å²) >= 11 is 0. The Labute approximate surface area is 137 Å². The maximum atomic E-state index is 12.6. The number of amides is 2. The Morgan fingerprint density at radius 1 is 1.26 bits per heavy atom. The number of pyridine rings is 1.